The largest absolute Gasteiger partial charge is 0.461 e. The standard InChI is InChI=1S/C15H23O6P/c1-3-20-22(18,21-4-2)15(17)11-10-14(16)19-12-13-8-6-5-7-9-13/h5-9,15,17H,3-4,10-12H2,1-2H3. The van der Waals surface area contributed by atoms with Crippen LogP contribution in [0.15, 0.2) is 30.3 Å². The first-order chi connectivity index (χ1) is 10.5. The molecule has 0 aromatic heterocycles. The van der Waals surface area contributed by atoms with Crippen LogP contribution < -0.4 is 0 Å². The predicted molar refractivity (Wildman–Crippen MR) is 82.3 cm³/mol. The third-order valence-electron chi connectivity index (χ3n) is 2.83. The van der Waals surface area contributed by atoms with E-state index in [4.69, 9.17) is 13.8 Å². The molecule has 7 heteroatoms. The van der Waals surface area contributed by atoms with Gasteiger partial charge in [-0.15, -0.1) is 0 Å². The fraction of sp³-hybridized carbons (Fsp3) is 0.533. The van der Waals surface area contributed by atoms with Gasteiger partial charge in [0.05, 0.1) is 13.2 Å². The van der Waals surface area contributed by atoms with Crippen LogP contribution in [0.5, 0.6) is 0 Å². The summed E-state index contributed by atoms with van der Waals surface area (Å²) in [5, 5.41) is 9.94. The van der Waals surface area contributed by atoms with Crippen LogP contribution in [0.1, 0.15) is 32.3 Å². The Morgan fingerprint density at radius 3 is 2.32 bits per heavy atom. The molecule has 0 fully saturated rings. The Bertz CT molecular complexity index is 480. The van der Waals surface area contributed by atoms with Crippen molar-refractivity contribution in [2.45, 2.75) is 39.1 Å². The third-order valence-corrected chi connectivity index (χ3v) is 5.06. The van der Waals surface area contributed by atoms with Crippen molar-refractivity contribution in [1.82, 2.24) is 0 Å². The zero-order valence-electron chi connectivity index (χ0n) is 12.9. The second kappa shape index (κ2) is 9.74. The summed E-state index contributed by atoms with van der Waals surface area (Å²) in [4.78, 5) is 11.7. The minimum atomic E-state index is -3.60. The summed E-state index contributed by atoms with van der Waals surface area (Å²) in [5.41, 5.74) is 0.880. The van der Waals surface area contributed by atoms with Crippen LogP contribution in [-0.2, 0) is 29.8 Å². The van der Waals surface area contributed by atoms with E-state index in [0.717, 1.165) is 5.56 Å². The minimum Gasteiger partial charge on any atom is -0.461 e. The van der Waals surface area contributed by atoms with Crippen molar-refractivity contribution in [1.29, 1.82) is 0 Å². The minimum absolute atomic E-state index is 0.0368. The lowest BCUT2D eigenvalue weighted by molar-refractivity contribution is -0.145. The highest BCUT2D eigenvalue weighted by Crippen LogP contribution is 2.53. The number of carbonyl (C=O) groups excluding carboxylic acids is 1. The first-order valence-electron chi connectivity index (χ1n) is 7.28. The molecular formula is C15H23O6P. The zero-order valence-corrected chi connectivity index (χ0v) is 13.8. The highest BCUT2D eigenvalue weighted by molar-refractivity contribution is 7.54. The van der Waals surface area contributed by atoms with Crippen LogP contribution in [-0.4, -0.2) is 30.1 Å². The molecule has 0 saturated carbocycles. The molecule has 0 aliphatic rings. The van der Waals surface area contributed by atoms with Crippen molar-refractivity contribution >= 4 is 13.6 Å². The van der Waals surface area contributed by atoms with Gasteiger partial charge in [-0.25, -0.2) is 0 Å². The maximum absolute atomic E-state index is 12.3. The van der Waals surface area contributed by atoms with E-state index in [1.165, 1.54) is 0 Å². The van der Waals surface area contributed by atoms with Crippen LogP contribution in [0.3, 0.4) is 0 Å². The summed E-state index contributed by atoms with van der Waals surface area (Å²) in [6.45, 7) is 3.81. The first-order valence-corrected chi connectivity index (χ1v) is 8.89. The van der Waals surface area contributed by atoms with Crippen LogP contribution in [0.2, 0.25) is 0 Å². The number of hydrogen-bond donors (Lipinski definition) is 1. The van der Waals surface area contributed by atoms with Crippen molar-refractivity contribution in [3.05, 3.63) is 35.9 Å². The van der Waals surface area contributed by atoms with Gasteiger partial charge in [0.2, 0.25) is 0 Å². The van der Waals surface area contributed by atoms with E-state index in [1.54, 1.807) is 13.8 Å². The molecule has 0 amide bonds. The number of carbonyl (C=O) groups is 1. The van der Waals surface area contributed by atoms with Gasteiger partial charge in [0.25, 0.3) is 0 Å². The van der Waals surface area contributed by atoms with E-state index in [0.29, 0.717) is 0 Å². The summed E-state index contributed by atoms with van der Waals surface area (Å²) >= 11 is 0. The number of aliphatic hydroxyl groups excluding tert-OH is 1. The second-order valence-corrected chi connectivity index (χ2v) is 6.73. The number of aliphatic hydroxyl groups is 1. The monoisotopic (exact) mass is 330 g/mol. The molecule has 1 rings (SSSR count). The lowest BCUT2D eigenvalue weighted by Gasteiger charge is -2.21. The number of benzene rings is 1. The van der Waals surface area contributed by atoms with Crippen molar-refractivity contribution < 1.29 is 28.3 Å². The van der Waals surface area contributed by atoms with E-state index in [-0.39, 0.29) is 32.7 Å². The van der Waals surface area contributed by atoms with E-state index >= 15 is 0 Å². The molecule has 6 nitrogen and oxygen atoms in total. The Morgan fingerprint density at radius 2 is 1.77 bits per heavy atom. The lowest BCUT2D eigenvalue weighted by atomic mass is 10.2. The Hall–Kier alpha value is -1.20. The predicted octanol–water partition coefficient (Wildman–Crippen LogP) is 3.09. The van der Waals surface area contributed by atoms with Gasteiger partial charge in [0.1, 0.15) is 6.61 Å². The van der Waals surface area contributed by atoms with Crippen molar-refractivity contribution in [3.63, 3.8) is 0 Å². The lowest BCUT2D eigenvalue weighted by Crippen LogP contribution is -2.15. The van der Waals surface area contributed by atoms with Crippen molar-refractivity contribution in [2.75, 3.05) is 13.2 Å². The quantitative estimate of drug-likeness (QED) is 0.524. The summed E-state index contributed by atoms with van der Waals surface area (Å²) < 4.78 is 27.4. The maximum Gasteiger partial charge on any atom is 0.358 e. The molecule has 0 heterocycles. The SMILES string of the molecule is CCOP(=O)(OCC)C(O)CCC(=O)OCc1ccccc1. The smallest absolute Gasteiger partial charge is 0.358 e. The first kappa shape index (κ1) is 18.8. The molecule has 0 bridgehead atoms. The summed E-state index contributed by atoms with van der Waals surface area (Å²) in [6.07, 6.45) is -0.0942. The second-order valence-electron chi connectivity index (χ2n) is 4.54. The van der Waals surface area contributed by atoms with E-state index in [2.05, 4.69) is 0 Å². The van der Waals surface area contributed by atoms with Crippen molar-refractivity contribution in [3.8, 4) is 0 Å². The van der Waals surface area contributed by atoms with Gasteiger partial charge in [-0.3, -0.25) is 9.36 Å². The van der Waals surface area contributed by atoms with Crippen LogP contribution >= 0.6 is 7.60 Å². The Balaban J connectivity index is 2.40. The van der Waals surface area contributed by atoms with Crippen LogP contribution in [0.4, 0.5) is 0 Å². The number of ether oxygens (including phenoxy) is 1. The average molecular weight is 330 g/mol. The maximum atomic E-state index is 12.3. The molecule has 0 spiro atoms. The van der Waals surface area contributed by atoms with Gasteiger partial charge in [-0.1, -0.05) is 30.3 Å². The van der Waals surface area contributed by atoms with E-state index in [9.17, 15) is 14.5 Å². The average Bonchev–Trinajstić information content (AvgIpc) is 2.52. The molecular weight excluding hydrogens is 307 g/mol. The molecule has 0 radical (unpaired) electrons. The van der Waals surface area contributed by atoms with Gasteiger partial charge in [-0.05, 0) is 25.8 Å². The van der Waals surface area contributed by atoms with Crippen LogP contribution in [0, 0.1) is 0 Å². The molecule has 1 unspecified atom stereocenters. The van der Waals surface area contributed by atoms with E-state index < -0.39 is 19.4 Å². The summed E-state index contributed by atoms with van der Waals surface area (Å²) in [5.74, 6) is -1.81. The molecule has 1 N–H and O–H groups in total. The molecule has 0 aliphatic heterocycles. The fourth-order valence-corrected chi connectivity index (χ4v) is 3.37. The van der Waals surface area contributed by atoms with Crippen molar-refractivity contribution in [2.24, 2.45) is 0 Å². The summed E-state index contributed by atoms with van der Waals surface area (Å²) in [7, 11) is -3.60. The number of rotatable bonds is 10. The van der Waals surface area contributed by atoms with Gasteiger partial charge >= 0.3 is 13.6 Å². The topological polar surface area (TPSA) is 82.1 Å². The highest BCUT2D eigenvalue weighted by Gasteiger charge is 2.34. The highest BCUT2D eigenvalue weighted by atomic mass is 31.2. The van der Waals surface area contributed by atoms with Gasteiger partial charge < -0.3 is 18.9 Å². The molecule has 1 aromatic carbocycles. The molecule has 1 aromatic rings. The van der Waals surface area contributed by atoms with E-state index in [1.807, 2.05) is 30.3 Å². The van der Waals surface area contributed by atoms with Gasteiger partial charge in [-0.2, -0.15) is 0 Å². The third kappa shape index (κ3) is 6.28. The zero-order chi connectivity index (χ0) is 16.4. The Kier molecular flexibility index (Phi) is 8.35. The normalized spacial score (nSPS) is 12.9. The Labute approximate surface area is 130 Å². The van der Waals surface area contributed by atoms with Gasteiger partial charge in [0, 0.05) is 6.42 Å². The molecule has 124 valence electrons. The molecule has 0 saturated heterocycles. The molecule has 22 heavy (non-hydrogen) atoms. The summed E-state index contributed by atoms with van der Waals surface area (Å²) in [6, 6.07) is 9.28. The fourth-order valence-electron chi connectivity index (χ4n) is 1.78. The number of hydrogen-bond acceptors (Lipinski definition) is 6. The Morgan fingerprint density at radius 1 is 1.18 bits per heavy atom. The number of esters is 1. The van der Waals surface area contributed by atoms with Crippen LogP contribution in [0.25, 0.3) is 0 Å². The van der Waals surface area contributed by atoms with Gasteiger partial charge in [0.15, 0.2) is 5.85 Å². The molecule has 0 aliphatic carbocycles. The molecule has 1 atom stereocenters.